The third kappa shape index (κ3) is 4.97. The van der Waals surface area contributed by atoms with Gasteiger partial charge in [0, 0.05) is 35.8 Å². The first kappa shape index (κ1) is 26.8. The Bertz CT molecular complexity index is 1840. The van der Waals surface area contributed by atoms with Gasteiger partial charge in [0.25, 0.3) is 0 Å². The Morgan fingerprint density at radius 3 is 2.69 bits per heavy atom. The number of anilines is 1. The SMILES string of the molecule is [C-]#[N+]c1ccc(Cn2cncc2CC(=O)N2Cc3nc(-c4ccccc4OC)cn3Cc3c(F)cccc32)cc1OC. The lowest BCUT2D eigenvalue weighted by atomic mass is 10.1. The third-order valence-corrected chi connectivity index (χ3v) is 7.40. The molecule has 1 aliphatic rings. The zero-order valence-corrected chi connectivity index (χ0v) is 23.1. The molecule has 1 aliphatic heterocycles. The Hall–Kier alpha value is -5.43. The summed E-state index contributed by atoms with van der Waals surface area (Å²) in [5.74, 6) is 1.22. The van der Waals surface area contributed by atoms with Gasteiger partial charge in [0.2, 0.25) is 11.6 Å². The Kier molecular flexibility index (Phi) is 7.15. The van der Waals surface area contributed by atoms with Crippen LogP contribution in [0.3, 0.4) is 0 Å². The molecule has 0 spiro atoms. The molecule has 0 bridgehead atoms. The number of ether oxygens (including phenoxy) is 2. The van der Waals surface area contributed by atoms with E-state index in [0.717, 1.165) is 11.1 Å². The van der Waals surface area contributed by atoms with E-state index < -0.39 is 0 Å². The number of hydrogen-bond acceptors (Lipinski definition) is 5. The molecule has 2 aromatic heterocycles. The molecular weight excluding hydrogens is 535 g/mol. The highest BCUT2D eigenvalue weighted by Crippen LogP contribution is 2.34. The van der Waals surface area contributed by atoms with Gasteiger partial charge in [0.15, 0.2) is 0 Å². The molecule has 6 rings (SSSR count). The predicted molar refractivity (Wildman–Crippen MR) is 155 cm³/mol. The van der Waals surface area contributed by atoms with Crippen molar-refractivity contribution in [2.45, 2.75) is 26.1 Å². The summed E-state index contributed by atoms with van der Waals surface area (Å²) in [4.78, 5) is 28.1. The summed E-state index contributed by atoms with van der Waals surface area (Å²) in [6.07, 6.45) is 5.25. The summed E-state index contributed by atoms with van der Waals surface area (Å²) in [6, 6.07) is 17.8. The topological polar surface area (TPSA) is 78.8 Å². The highest BCUT2D eigenvalue weighted by molar-refractivity contribution is 5.95. The van der Waals surface area contributed by atoms with Gasteiger partial charge in [0.1, 0.15) is 23.1 Å². The number of halogens is 1. The predicted octanol–water partition coefficient (Wildman–Crippen LogP) is 5.64. The van der Waals surface area contributed by atoms with Crippen molar-refractivity contribution in [2.24, 2.45) is 0 Å². The van der Waals surface area contributed by atoms with Gasteiger partial charge >= 0.3 is 0 Å². The number of hydrogen-bond donors (Lipinski definition) is 0. The summed E-state index contributed by atoms with van der Waals surface area (Å²) in [6.45, 7) is 8.16. The molecule has 5 aromatic rings. The van der Waals surface area contributed by atoms with Crippen LogP contribution in [0.1, 0.15) is 22.6 Å². The quantitative estimate of drug-likeness (QED) is 0.240. The van der Waals surface area contributed by atoms with Gasteiger partial charge < -0.3 is 23.5 Å². The minimum absolute atomic E-state index is 0.0489. The van der Waals surface area contributed by atoms with Crippen molar-refractivity contribution in [1.82, 2.24) is 19.1 Å². The minimum Gasteiger partial charge on any atom is -0.508 e. The van der Waals surface area contributed by atoms with Crippen LogP contribution in [0.4, 0.5) is 15.8 Å². The van der Waals surface area contributed by atoms with Crippen molar-refractivity contribution in [3.63, 3.8) is 0 Å². The van der Waals surface area contributed by atoms with E-state index in [0.29, 0.717) is 52.2 Å². The fourth-order valence-corrected chi connectivity index (χ4v) is 5.28. The van der Waals surface area contributed by atoms with Gasteiger partial charge in [-0.1, -0.05) is 30.3 Å². The van der Waals surface area contributed by atoms with Crippen LogP contribution in [0, 0.1) is 12.4 Å². The second kappa shape index (κ2) is 11.2. The molecule has 0 saturated heterocycles. The first-order valence-electron chi connectivity index (χ1n) is 13.3. The molecular formula is C32H27FN6O3. The molecule has 42 heavy (non-hydrogen) atoms. The van der Waals surface area contributed by atoms with Crippen LogP contribution in [0.25, 0.3) is 16.1 Å². The zero-order chi connectivity index (χ0) is 29.2. The molecule has 1 amide bonds. The Morgan fingerprint density at radius 1 is 1.05 bits per heavy atom. The number of carbonyl (C=O) groups excluding carboxylic acids is 1. The first-order valence-corrected chi connectivity index (χ1v) is 13.3. The molecule has 3 heterocycles. The molecule has 0 N–H and O–H groups in total. The maximum Gasteiger partial charge on any atom is 0.233 e. The van der Waals surface area contributed by atoms with E-state index in [9.17, 15) is 4.79 Å². The molecule has 0 fully saturated rings. The number of benzene rings is 3. The van der Waals surface area contributed by atoms with E-state index in [2.05, 4.69) is 9.83 Å². The van der Waals surface area contributed by atoms with Crippen LogP contribution in [0.2, 0.25) is 0 Å². The summed E-state index contributed by atoms with van der Waals surface area (Å²) in [5, 5.41) is 0. The van der Waals surface area contributed by atoms with Crippen LogP contribution < -0.4 is 14.4 Å². The minimum atomic E-state index is -0.382. The maximum absolute atomic E-state index is 15.2. The van der Waals surface area contributed by atoms with E-state index >= 15 is 4.39 Å². The van der Waals surface area contributed by atoms with Crippen molar-refractivity contribution in [2.75, 3.05) is 19.1 Å². The van der Waals surface area contributed by atoms with Gasteiger partial charge in [-0.05, 0) is 35.9 Å². The lowest BCUT2D eigenvalue weighted by molar-refractivity contribution is -0.118. The normalized spacial score (nSPS) is 12.2. The first-order chi connectivity index (χ1) is 20.5. The highest BCUT2D eigenvalue weighted by atomic mass is 19.1. The summed E-state index contributed by atoms with van der Waals surface area (Å²) in [5.41, 5.74) is 4.49. The van der Waals surface area contributed by atoms with Crippen molar-refractivity contribution in [3.05, 3.63) is 119 Å². The molecule has 0 radical (unpaired) electrons. The van der Waals surface area contributed by atoms with E-state index in [1.54, 1.807) is 42.7 Å². The van der Waals surface area contributed by atoms with Crippen molar-refractivity contribution in [3.8, 4) is 22.8 Å². The van der Waals surface area contributed by atoms with Gasteiger partial charge in [0.05, 0.1) is 58.0 Å². The Labute approximate surface area is 242 Å². The van der Waals surface area contributed by atoms with Gasteiger partial charge in [-0.15, -0.1) is 0 Å². The average Bonchev–Trinajstić information content (AvgIpc) is 3.58. The number of amides is 1. The number of carbonyl (C=O) groups is 1. The van der Waals surface area contributed by atoms with E-state index in [-0.39, 0.29) is 31.2 Å². The molecule has 210 valence electrons. The monoisotopic (exact) mass is 562 g/mol. The smallest absolute Gasteiger partial charge is 0.233 e. The number of aromatic nitrogens is 4. The lowest BCUT2D eigenvalue weighted by Gasteiger charge is -2.23. The average molecular weight is 563 g/mol. The van der Waals surface area contributed by atoms with Crippen LogP contribution in [-0.2, 0) is 30.8 Å². The standard InChI is InChI=1S/C32H27FN6O3/c1-34-26-12-11-21(13-30(26)42-3)16-38-20-35-15-22(38)14-32(40)39-19-31-36-27(23-7-4-5-10-29(23)41-2)18-37(31)17-24-25(33)8-6-9-28(24)39/h4-13,15,18,20H,14,16-17,19H2,2-3H3. The van der Waals surface area contributed by atoms with Crippen molar-refractivity contribution < 1.29 is 18.7 Å². The van der Waals surface area contributed by atoms with E-state index in [4.69, 9.17) is 21.0 Å². The fraction of sp³-hybridized carbons (Fsp3) is 0.188. The third-order valence-electron chi connectivity index (χ3n) is 7.40. The second-order valence-corrected chi connectivity index (χ2v) is 9.90. The molecule has 10 heteroatoms. The Morgan fingerprint density at radius 2 is 1.88 bits per heavy atom. The van der Waals surface area contributed by atoms with Crippen molar-refractivity contribution >= 4 is 17.3 Å². The fourth-order valence-electron chi connectivity index (χ4n) is 5.28. The molecule has 0 unspecified atom stereocenters. The number of rotatable bonds is 7. The number of nitrogens with zero attached hydrogens (tertiary/aromatic N) is 6. The van der Waals surface area contributed by atoms with E-state index in [1.165, 1.54) is 13.2 Å². The molecule has 9 nitrogen and oxygen atoms in total. The second-order valence-electron chi connectivity index (χ2n) is 9.90. The number of para-hydroxylation sites is 1. The van der Waals surface area contributed by atoms with Crippen molar-refractivity contribution in [1.29, 1.82) is 0 Å². The maximum atomic E-state index is 15.2. The van der Waals surface area contributed by atoms with Crippen LogP contribution >= 0.6 is 0 Å². The molecule has 0 saturated carbocycles. The van der Waals surface area contributed by atoms with Gasteiger partial charge in [-0.2, -0.15) is 0 Å². The van der Waals surface area contributed by atoms with Gasteiger partial charge in [-0.3, -0.25) is 4.79 Å². The Balaban J connectivity index is 1.31. The molecule has 0 atom stereocenters. The summed E-state index contributed by atoms with van der Waals surface area (Å²) in [7, 11) is 3.14. The number of methoxy groups -OCH3 is 2. The zero-order valence-electron chi connectivity index (χ0n) is 23.1. The van der Waals surface area contributed by atoms with Crippen LogP contribution in [0.15, 0.2) is 79.4 Å². The molecule has 3 aromatic carbocycles. The summed E-state index contributed by atoms with van der Waals surface area (Å²) >= 11 is 0. The van der Waals surface area contributed by atoms with Crippen LogP contribution in [-0.4, -0.2) is 39.2 Å². The highest BCUT2D eigenvalue weighted by Gasteiger charge is 2.28. The van der Waals surface area contributed by atoms with E-state index in [1.807, 2.05) is 51.7 Å². The number of imidazole rings is 2. The summed E-state index contributed by atoms with van der Waals surface area (Å²) < 4.78 is 29.8. The van der Waals surface area contributed by atoms with Gasteiger partial charge in [-0.25, -0.2) is 19.2 Å². The largest absolute Gasteiger partial charge is 0.508 e. The number of fused-ring (bicyclic) bond motifs is 2. The molecule has 0 aliphatic carbocycles. The van der Waals surface area contributed by atoms with Crippen LogP contribution in [0.5, 0.6) is 11.5 Å². The lowest BCUT2D eigenvalue weighted by Crippen LogP contribution is -2.33.